The third-order valence-electron chi connectivity index (χ3n) is 4.71. The van der Waals surface area contributed by atoms with Crippen LogP contribution in [0, 0.1) is 5.82 Å². The first-order valence-electron chi connectivity index (χ1n) is 9.61. The Morgan fingerprint density at radius 3 is 2.61 bits per heavy atom. The van der Waals surface area contributed by atoms with Crippen molar-refractivity contribution in [1.82, 2.24) is 9.97 Å². The van der Waals surface area contributed by atoms with E-state index in [9.17, 15) is 18.0 Å². The molecule has 3 heterocycles. The molecule has 12 heteroatoms. The number of nitrogen functional groups attached to an aromatic ring is 1. The number of carbonyl (C=O) groups is 1. The lowest BCUT2D eigenvalue weighted by atomic mass is 10.1. The van der Waals surface area contributed by atoms with E-state index in [-0.39, 0.29) is 17.1 Å². The number of benzene rings is 1. The summed E-state index contributed by atoms with van der Waals surface area (Å²) >= 11 is 4.74. The van der Waals surface area contributed by atoms with E-state index in [1.165, 1.54) is 42.7 Å². The van der Waals surface area contributed by atoms with Crippen LogP contribution in [0.15, 0.2) is 48.8 Å². The lowest BCUT2D eigenvalue weighted by Gasteiger charge is -2.19. The summed E-state index contributed by atoms with van der Waals surface area (Å²) in [6.45, 7) is 1.38. The summed E-state index contributed by atoms with van der Waals surface area (Å²) in [4.78, 5) is 22.9. The average Bonchev–Trinajstić information content (AvgIpc) is 3.30. The molecule has 0 saturated carbocycles. The number of anilines is 3. The number of carbonyl (C=O) groups excluding carboxylic acids is 1. The molecule has 33 heavy (non-hydrogen) atoms. The third-order valence-corrected chi connectivity index (χ3v) is 4.78. The molecule has 0 spiro atoms. The molecule has 1 aliphatic heterocycles. The van der Waals surface area contributed by atoms with E-state index < -0.39 is 17.3 Å². The number of amides is 1. The number of hydrogen-bond donors (Lipinski definition) is 2. The topological polar surface area (TPSA) is 103 Å². The molecule has 8 nitrogen and oxygen atoms in total. The lowest BCUT2D eigenvalue weighted by molar-refractivity contribution is -0.0964. The number of halogens is 4. The van der Waals surface area contributed by atoms with Gasteiger partial charge in [0, 0.05) is 47.4 Å². The van der Waals surface area contributed by atoms with Crippen LogP contribution < -0.4 is 20.7 Å². The van der Waals surface area contributed by atoms with Gasteiger partial charge in [0.25, 0.3) is 5.91 Å². The van der Waals surface area contributed by atoms with E-state index in [0.717, 1.165) is 0 Å². The fourth-order valence-corrected chi connectivity index (χ4v) is 3.26. The van der Waals surface area contributed by atoms with E-state index >= 15 is 0 Å². The lowest BCUT2D eigenvalue weighted by Crippen LogP contribution is -2.21. The maximum absolute atomic E-state index is 14.1. The van der Waals surface area contributed by atoms with E-state index in [2.05, 4.69) is 20.0 Å². The molecule has 1 amide bonds. The maximum atomic E-state index is 14.1. The van der Waals surface area contributed by atoms with Gasteiger partial charge in [0.15, 0.2) is 11.6 Å². The zero-order valence-corrected chi connectivity index (χ0v) is 17.7. The predicted octanol–water partition coefficient (Wildman–Crippen LogP) is 4.08. The van der Waals surface area contributed by atoms with Gasteiger partial charge < -0.3 is 25.4 Å². The third kappa shape index (κ3) is 5.44. The Kier molecular flexibility index (Phi) is 6.25. The second-order valence-corrected chi connectivity index (χ2v) is 7.45. The molecule has 1 saturated heterocycles. The minimum Gasteiger partial charge on any atom is -0.420 e. The van der Waals surface area contributed by atoms with Crippen LogP contribution in [0.25, 0.3) is 11.1 Å². The number of ether oxygens (including phenoxy) is 2. The molecule has 3 aromatic rings. The smallest absolute Gasteiger partial charge is 0.420 e. The van der Waals surface area contributed by atoms with Crippen molar-refractivity contribution in [1.29, 1.82) is 0 Å². The van der Waals surface area contributed by atoms with Gasteiger partial charge in [0.2, 0.25) is 0 Å². The molecule has 0 bridgehead atoms. The average molecular weight is 480 g/mol. The Bertz CT molecular complexity index is 1170. The summed E-state index contributed by atoms with van der Waals surface area (Å²) in [5.41, 5.74) is 2.99. The van der Waals surface area contributed by atoms with Crippen LogP contribution in [0.4, 0.5) is 30.5 Å². The highest BCUT2D eigenvalue weighted by Gasteiger charge is 2.27. The van der Waals surface area contributed by atoms with Gasteiger partial charge in [-0.25, -0.2) is 14.4 Å². The molecule has 1 aliphatic rings. The van der Waals surface area contributed by atoms with Crippen LogP contribution in [0.3, 0.4) is 0 Å². The normalized spacial score (nSPS) is 13.8. The molecule has 172 valence electrons. The van der Waals surface area contributed by atoms with Gasteiger partial charge in [0.1, 0.15) is 18.3 Å². The number of nitrogens with one attached hydrogen (secondary N) is 1. The Morgan fingerprint density at radius 2 is 1.97 bits per heavy atom. The van der Waals surface area contributed by atoms with Crippen molar-refractivity contribution in [2.45, 2.75) is 5.57 Å². The largest absolute Gasteiger partial charge is 0.487 e. The van der Waals surface area contributed by atoms with E-state index in [4.69, 9.17) is 22.1 Å². The summed E-state index contributed by atoms with van der Waals surface area (Å²) in [6, 6.07) is 7.98. The highest BCUT2D eigenvalue weighted by atomic mass is 35.5. The Balaban J connectivity index is 1.61. The van der Waals surface area contributed by atoms with E-state index in [1.807, 2.05) is 4.90 Å². The summed E-state index contributed by atoms with van der Waals surface area (Å²) in [5.74, 6) is -1.14. The first-order valence-corrected chi connectivity index (χ1v) is 9.99. The second kappa shape index (κ2) is 9.12. The summed E-state index contributed by atoms with van der Waals surface area (Å²) in [6.07, 6.45) is 2.77. The van der Waals surface area contributed by atoms with Gasteiger partial charge in [-0.3, -0.25) is 4.79 Å². The number of hydrogen-bond acceptors (Lipinski definition) is 7. The Morgan fingerprint density at radius 1 is 1.21 bits per heavy atom. The molecule has 4 rings (SSSR count). The first-order chi connectivity index (χ1) is 15.7. The molecular weight excluding hydrogens is 463 g/mol. The summed E-state index contributed by atoms with van der Waals surface area (Å²) in [5, 5.41) is 2.63. The fraction of sp³-hybridized carbons (Fsp3) is 0.190. The SMILES string of the molecule is Nc1ncc(-c2cc(C(=O)Nc3ccc(OC(F)(F)Cl)cc3)cnc2N2CCOC2)cc1F. The summed E-state index contributed by atoms with van der Waals surface area (Å²) < 4.78 is 49.1. The highest BCUT2D eigenvalue weighted by Crippen LogP contribution is 2.32. The number of nitrogens with zero attached hydrogens (tertiary/aromatic N) is 3. The Labute approximate surface area is 191 Å². The van der Waals surface area contributed by atoms with Crippen LogP contribution in [-0.2, 0) is 4.74 Å². The zero-order chi connectivity index (χ0) is 23.6. The number of aromatic nitrogens is 2. The van der Waals surface area contributed by atoms with Crippen molar-refractivity contribution in [3.63, 3.8) is 0 Å². The molecule has 0 unspecified atom stereocenters. The molecule has 1 aromatic carbocycles. The second-order valence-electron chi connectivity index (χ2n) is 7.01. The minimum absolute atomic E-state index is 0.174. The number of nitrogens with two attached hydrogens (primary N) is 1. The van der Waals surface area contributed by atoms with Crippen LogP contribution >= 0.6 is 11.6 Å². The molecule has 1 fully saturated rings. The number of pyridine rings is 2. The van der Waals surface area contributed by atoms with Gasteiger partial charge in [-0.15, -0.1) is 8.78 Å². The zero-order valence-electron chi connectivity index (χ0n) is 16.9. The van der Waals surface area contributed by atoms with Crippen LogP contribution in [0.1, 0.15) is 10.4 Å². The molecule has 0 aliphatic carbocycles. The number of rotatable bonds is 6. The maximum Gasteiger partial charge on any atom is 0.487 e. The monoisotopic (exact) mass is 479 g/mol. The highest BCUT2D eigenvalue weighted by molar-refractivity contribution is 6.20. The molecule has 0 radical (unpaired) electrons. The van der Waals surface area contributed by atoms with Crippen molar-refractivity contribution >= 4 is 34.8 Å². The van der Waals surface area contributed by atoms with Crippen molar-refractivity contribution in [2.24, 2.45) is 0 Å². The van der Waals surface area contributed by atoms with Crippen molar-refractivity contribution in [3.8, 4) is 16.9 Å². The van der Waals surface area contributed by atoms with E-state index in [1.54, 1.807) is 6.07 Å². The van der Waals surface area contributed by atoms with Crippen molar-refractivity contribution in [2.75, 3.05) is 35.8 Å². The van der Waals surface area contributed by atoms with Crippen molar-refractivity contribution in [3.05, 3.63) is 60.2 Å². The number of alkyl halides is 3. The summed E-state index contributed by atoms with van der Waals surface area (Å²) in [7, 11) is 0. The molecule has 2 aromatic heterocycles. The van der Waals surface area contributed by atoms with Gasteiger partial charge >= 0.3 is 5.57 Å². The van der Waals surface area contributed by atoms with Gasteiger partial charge in [0.05, 0.1) is 12.2 Å². The van der Waals surface area contributed by atoms with Gasteiger partial charge in [-0.1, -0.05) is 0 Å². The Hall–Kier alpha value is -3.57. The standard InChI is InChI=1S/C21H17ClF3N5O3/c22-21(24,25)33-15-3-1-14(2-4-15)29-20(31)13-7-16(12-8-17(23)18(26)27-9-12)19(28-10-13)30-5-6-32-11-30/h1-4,7-10H,5-6,11H2,(H2,26,27)(H,29,31). The molecule has 3 N–H and O–H groups in total. The molecule has 0 atom stereocenters. The first kappa shape index (κ1) is 22.6. The minimum atomic E-state index is -3.84. The van der Waals surface area contributed by atoms with Gasteiger partial charge in [-0.05, 0) is 36.4 Å². The van der Waals surface area contributed by atoms with Crippen molar-refractivity contribution < 1.29 is 27.4 Å². The van der Waals surface area contributed by atoms with Crippen LogP contribution in [0.2, 0.25) is 0 Å². The van der Waals surface area contributed by atoms with E-state index in [0.29, 0.717) is 42.5 Å². The van der Waals surface area contributed by atoms with Gasteiger partial charge in [-0.2, -0.15) is 0 Å². The van der Waals surface area contributed by atoms with Crippen LogP contribution in [0.5, 0.6) is 5.75 Å². The molecular formula is C21H17ClF3N5O3. The fourth-order valence-electron chi connectivity index (χ4n) is 3.17. The van der Waals surface area contributed by atoms with Crippen LogP contribution in [-0.4, -0.2) is 41.3 Å². The quantitative estimate of drug-likeness (QED) is 0.513. The predicted molar refractivity (Wildman–Crippen MR) is 116 cm³/mol.